The van der Waals surface area contributed by atoms with Gasteiger partial charge < -0.3 is 0 Å². The summed E-state index contributed by atoms with van der Waals surface area (Å²) in [6, 6.07) is 6.31. The van der Waals surface area contributed by atoms with Gasteiger partial charge in [-0.05, 0) is 30.2 Å². The topological polar surface area (TPSA) is 17.1 Å². The Hall–Kier alpha value is -0.830. The van der Waals surface area contributed by atoms with E-state index < -0.39 is 0 Å². The average molecular weight is 282 g/mol. The van der Waals surface area contributed by atoms with Crippen molar-refractivity contribution in [1.29, 1.82) is 0 Å². The smallest absolute Gasteiger partial charge is 0.143 e. The highest BCUT2D eigenvalue weighted by Gasteiger charge is 2.12. The third-order valence-electron chi connectivity index (χ3n) is 3.27. The van der Waals surface area contributed by atoms with Crippen molar-refractivity contribution in [3.63, 3.8) is 0 Å². The summed E-state index contributed by atoms with van der Waals surface area (Å²) in [4.78, 5) is 12.9. The summed E-state index contributed by atoms with van der Waals surface area (Å²) in [6.07, 6.45) is 5.31. The predicted octanol–water partition coefficient (Wildman–Crippen LogP) is 5.09. The second-order valence-corrected chi connectivity index (χ2v) is 5.95. The van der Waals surface area contributed by atoms with Crippen molar-refractivity contribution in [3.8, 4) is 0 Å². The molecule has 0 radical (unpaired) electrons. The maximum absolute atomic E-state index is 12.7. The van der Waals surface area contributed by atoms with E-state index in [1.807, 2.05) is 0 Å². The number of benzene rings is 1. The van der Waals surface area contributed by atoms with Crippen LogP contribution in [0.4, 0.5) is 4.39 Å². The van der Waals surface area contributed by atoms with Crippen LogP contribution in [0, 0.1) is 11.7 Å². The minimum atomic E-state index is -0.235. The summed E-state index contributed by atoms with van der Waals surface area (Å²) in [7, 11) is 0. The van der Waals surface area contributed by atoms with E-state index in [2.05, 4.69) is 13.8 Å². The highest BCUT2D eigenvalue weighted by molar-refractivity contribution is 8.00. The third-order valence-corrected chi connectivity index (χ3v) is 4.34. The Labute approximate surface area is 120 Å². The van der Waals surface area contributed by atoms with E-state index in [0.29, 0.717) is 23.9 Å². The number of hydrogen-bond acceptors (Lipinski definition) is 2. The molecule has 3 heteroatoms. The largest absolute Gasteiger partial charge is 0.299 e. The van der Waals surface area contributed by atoms with Crippen LogP contribution in [0.1, 0.15) is 46.0 Å². The zero-order valence-electron chi connectivity index (χ0n) is 11.8. The lowest BCUT2D eigenvalue weighted by Gasteiger charge is -2.13. The summed E-state index contributed by atoms with van der Waals surface area (Å²) in [5.74, 6) is 1.09. The summed E-state index contributed by atoms with van der Waals surface area (Å²) in [6.45, 7) is 4.33. The van der Waals surface area contributed by atoms with Crippen molar-refractivity contribution in [1.82, 2.24) is 0 Å². The Morgan fingerprint density at radius 1 is 1.26 bits per heavy atom. The Morgan fingerprint density at radius 3 is 2.53 bits per heavy atom. The Kier molecular flexibility index (Phi) is 7.80. The summed E-state index contributed by atoms with van der Waals surface area (Å²) in [5.41, 5.74) is 0. The van der Waals surface area contributed by atoms with Gasteiger partial charge in [0.25, 0.3) is 0 Å². The lowest BCUT2D eigenvalue weighted by molar-refractivity contribution is -0.117. The lowest BCUT2D eigenvalue weighted by Crippen LogP contribution is -2.10. The maximum Gasteiger partial charge on any atom is 0.143 e. The predicted molar refractivity (Wildman–Crippen MR) is 80.1 cm³/mol. The number of Topliss-reactive ketones (excluding diaryl/α,β-unsaturated/α-hetero) is 1. The van der Waals surface area contributed by atoms with E-state index in [0.717, 1.165) is 17.7 Å². The van der Waals surface area contributed by atoms with Crippen molar-refractivity contribution in [2.75, 3.05) is 5.75 Å². The van der Waals surface area contributed by atoms with E-state index in [1.54, 1.807) is 12.1 Å². The van der Waals surface area contributed by atoms with Crippen LogP contribution in [0.5, 0.6) is 0 Å². The Balaban J connectivity index is 2.32. The van der Waals surface area contributed by atoms with Crippen molar-refractivity contribution in [3.05, 3.63) is 30.1 Å². The molecule has 0 aliphatic carbocycles. The SMILES string of the molecule is CCCCC(CC)CC(=O)CSc1ccc(F)cc1. The van der Waals surface area contributed by atoms with E-state index >= 15 is 0 Å². The van der Waals surface area contributed by atoms with Gasteiger partial charge in [0.15, 0.2) is 0 Å². The number of rotatable bonds is 9. The van der Waals surface area contributed by atoms with Gasteiger partial charge in [-0.3, -0.25) is 4.79 Å². The second kappa shape index (κ2) is 9.13. The van der Waals surface area contributed by atoms with Crippen LogP contribution in [0.3, 0.4) is 0 Å². The van der Waals surface area contributed by atoms with E-state index in [4.69, 9.17) is 0 Å². The zero-order chi connectivity index (χ0) is 14.1. The fourth-order valence-electron chi connectivity index (χ4n) is 2.02. The number of hydrogen-bond donors (Lipinski definition) is 0. The van der Waals surface area contributed by atoms with Gasteiger partial charge in [0.05, 0.1) is 5.75 Å². The molecule has 1 atom stereocenters. The molecule has 1 nitrogen and oxygen atoms in total. The first-order valence-electron chi connectivity index (χ1n) is 7.05. The first-order chi connectivity index (χ1) is 9.15. The lowest BCUT2D eigenvalue weighted by atomic mass is 9.94. The summed E-state index contributed by atoms with van der Waals surface area (Å²) >= 11 is 1.50. The standard InChI is InChI=1S/C16H23FOS/c1-3-5-6-13(4-2)11-15(18)12-19-16-9-7-14(17)8-10-16/h7-10,13H,3-6,11-12H2,1-2H3. The van der Waals surface area contributed by atoms with Crippen LogP contribution in [0.25, 0.3) is 0 Å². The molecule has 1 unspecified atom stereocenters. The molecule has 0 aromatic heterocycles. The number of unbranched alkanes of at least 4 members (excludes halogenated alkanes) is 1. The molecule has 0 saturated carbocycles. The van der Waals surface area contributed by atoms with Crippen LogP contribution in [0.2, 0.25) is 0 Å². The van der Waals surface area contributed by atoms with Crippen LogP contribution >= 0.6 is 11.8 Å². The van der Waals surface area contributed by atoms with Gasteiger partial charge in [0.2, 0.25) is 0 Å². The van der Waals surface area contributed by atoms with E-state index in [-0.39, 0.29) is 5.82 Å². The van der Waals surface area contributed by atoms with Gasteiger partial charge >= 0.3 is 0 Å². The van der Waals surface area contributed by atoms with Gasteiger partial charge in [-0.15, -0.1) is 11.8 Å². The average Bonchev–Trinajstić information content (AvgIpc) is 2.42. The molecule has 1 rings (SSSR count). The minimum absolute atomic E-state index is 0.235. The van der Waals surface area contributed by atoms with Gasteiger partial charge in [0.1, 0.15) is 11.6 Å². The highest BCUT2D eigenvalue weighted by atomic mass is 32.2. The van der Waals surface area contributed by atoms with Gasteiger partial charge in [-0.1, -0.05) is 39.5 Å². The molecule has 0 amide bonds. The second-order valence-electron chi connectivity index (χ2n) is 4.90. The molecule has 0 N–H and O–H groups in total. The normalized spacial score (nSPS) is 12.4. The molecule has 0 heterocycles. The molecule has 0 aliphatic rings. The molecular formula is C16H23FOS. The van der Waals surface area contributed by atoms with Crippen LogP contribution < -0.4 is 0 Å². The number of ketones is 1. The molecule has 0 fully saturated rings. The minimum Gasteiger partial charge on any atom is -0.299 e. The summed E-state index contributed by atoms with van der Waals surface area (Å²) in [5, 5.41) is 0. The quantitative estimate of drug-likeness (QED) is 0.587. The highest BCUT2D eigenvalue weighted by Crippen LogP contribution is 2.22. The molecular weight excluding hydrogens is 259 g/mol. The molecule has 0 saturated heterocycles. The molecule has 106 valence electrons. The van der Waals surface area contributed by atoms with Crippen LogP contribution in [-0.2, 0) is 4.79 Å². The fourth-order valence-corrected chi connectivity index (χ4v) is 2.79. The van der Waals surface area contributed by atoms with Crippen molar-refractivity contribution >= 4 is 17.5 Å². The fraction of sp³-hybridized carbons (Fsp3) is 0.562. The Bertz CT molecular complexity index is 375. The number of carbonyl (C=O) groups excluding carboxylic acids is 1. The molecule has 0 bridgehead atoms. The van der Waals surface area contributed by atoms with Gasteiger partial charge in [-0.2, -0.15) is 0 Å². The number of halogens is 1. The monoisotopic (exact) mass is 282 g/mol. The van der Waals surface area contributed by atoms with Crippen LogP contribution in [0.15, 0.2) is 29.2 Å². The number of carbonyl (C=O) groups is 1. The van der Waals surface area contributed by atoms with E-state index in [9.17, 15) is 9.18 Å². The first kappa shape index (κ1) is 16.2. The third kappa shape index (κ3) is 6.76. The number of thioether (sulfide) groups is 1. The van der Waals surface area contributed by atoms with Crippen molar-refractivity contribution in [2.24, 2.45) is 5.92 Å². The van der Waals surface area contributed by atoms with Gasteiger partial charge in [0, 0.05) is 11.3 Å². The zero-order valence-corrected chi connectivity index (χ0v) is 12.6. The van der Waals surface area contributed by atoms with E-state index in [1.165, 1.54) is 36.7 Å². The van der Waals surface area contributed by atoms with Gasteiger partial charge in [-0.25, -0.2) is 4.39 Å². The van der Waals surface area contributed by atoms with Crippen LogP contribution in [-0.4, -0.2) is 11.5 Å². The summed E-state index contributed by atoms with van der Waals surface area (Å²) < 4.78 is 12.7. The molecule has 19 heavy (non-hydrogen) atoms. The Morgan fingerprint density at radius 2 is 1.95 bits per heavy atom. The molecule has 0 aliphatic heterocycles. The maximum atomic E-state index is 12.7. The van der Waals surface area contributed by atoms with Crippen molar-refractivity contribution in [2.45, 2.75) is 50.8 Å². The molecule has 0 spiro atoms. The first-order valence-corrected chi connectivity index (χ1v) is 8.04. The molecule has 1 aromatic carbocycles. The van der Waals surface area contributed by atoms with Crippen molar-refractivity contribution < 1.29 is 9.18 Å². The molecule has 1 aromatic rings.